The highest BCUT2D eigenvalue weighted by Gasteiger charge is 2.19. The quantitative estimate of drug-likeness (QED) is 0.655. The molecule has 0 saturated carbocycles. The van der Waals surface area contributed by atoms with E-state index in [4.69, 9.17) is 11.6 Å². The number of hydrogen-bond donors (Lipinski definition) is 1. The van der Waals surface area contributed by atoms with Gasteiger partial charge in [0.05, 0.1) is 10.5 Å². The van der Waals surface area contributed by atoms with Crippen LogP contribution in [0.3, 0.4) is 0 Å². The highest BCUT2D eigenvalue weighted by atomic mass is 79.9. The molecule has 2 aromatic carbocycles. The monoisotopic (exact) mass is 368 g/mol. The highest BCUT2D eigenvalue weighted by Crippen LogP contribution is 2.28. The first-order valence-electron chi connectivity index (χ1n) is 5.94. The van der Waals surface area contributed by atoms with Gasteiger partial charge in [-0.05, 0) is 39.7 Å². The van der Waals surface area contributed by atoms with Crippen LogP contribution in [0.2, 0.25) is 5.02 Å². The Hall–Kier alpha value is -1.92. The molecule has 0 unspecified atom stereocenters. The third-order valence-corrected chi connectivity index (χ3v) is 3.83. The van der Waals surface area contributed by atoms with Crippen LogP contribution in [0.15, 0.2) is 46.9 Å². The Bertz CT molecular complexity index is 706. The van der Waals surface area contributed by atoms with Crippen LogP contribution in [0.4, 0.5) is 5.69 Å². The Balaban J connectivity index is 2.14. The average Bonchev–Trinajstić information content (AvgIpc) is 2.45. The largest absolute Gasteiger partial charge is 0.348 e. The molecular formula is C14H10BrClN2O3. The summed E-state index contributed by atoms with van der Waals surface area (Å²) in [4.78, 5) is 22.4. The van der Waals surface area contributed by atoms with Crippen molar-refractivity contribution < 1.29 is 9.72 Å². The maximum absolute atomic E-state index is 12.1. The van der Waals surface area contributed by atoms with E-state index in [2.05, 4.69) is 21.2 Å². The molecule has 108 valence electrons. The molecule has 0 aliphatic heterocycles. The lowest BCUT2D eigenvalue weighted by Crippen LogP contribution is -2.23. The van der Waals surface area contributed by atoms with Gasteiger partial charge < -0.3 is 5.32 Å². The van der Waals surface area contributed by atoms with E-state index in [1.807, 2.05) is 6.07 Å². The molecule has 0 saturated heterocycles. The van der Waals surface area contributed by atoms with Gasteiger partial charge in [0.15, 0.2) is 0 Å². The predicted molar refractivity (Wildman–Crippen MR) is 83.4 cm³/mol. The summed E-state index contributed by atoms with van der Waals surface area (Å²) in [6.45, 7) is 0.286. The van der Waals surface area contributed by atoms with E-state index >= 15 is 0 Å². The lowest BCUT2D eigenvalue weighted by atomic mass is 10.1. The summed E-state index contributed by atoms with van der Waals surface area (Å²) < 4.78 is 0.165. The van der Waals surface area contributed by atoms with Gasteiger partial charge in [0.1, 0.15) is 4.47 Å². The van der Waals surface area contributed by atoms with Crippen molar-refractivity contribution in [2.24, 2.45) is 0 Å². The van der Waals surface area contributed by atoms with Crippen molar-refractivity contribution in [3.05, 3.63) is 73.2 Å². The zero-order valence-corrected chi connectivity index (χ0v) is 13.0. The molecule has 5 nitrogen and oxygen atoms in total. The van der Waals surface area contributed by atoms with E-state index in [1.165, 1.54) is 18.2 Å². The molecule has 2 rings (SSSR count). The Morgan fingerprint density at radius 2 is 2.00 bits per heavy atom. The lowest BCUT2D eigenvalue weighted by molar-refractivity contribution is -0.385. The molecule has 0 spiro atoms. The van der Waals surface area contributed by atoms with Gasteiger partial charge in [0.25, 0.3) is 11.6 Å². The van der Waals surface area contributed by atoms with Crippen molar-refractivity contribution >= 4 is 39.1 Å². The maximum atomic E-state index is 12.1. The Morgan fingerprint density at radius 3 is 2.67 bits per heavy atom. The second kappa shape index (κ2) is 6.69. The van der Waals surface area contributed by atoms with Gasteiger partial charge in [-0.1, -0.05) is 29.8 Å². The predicted octanol–water partition coefficient (Wildman–Crippen LogP) is 3.94. The number of nitro groups is 1. The van der Waals surface area contributed by atoms with Crippen LogP contribution in [-0.4, -0.2) is 10.8 Å². The molecule has 1 N–H and O–H groups in total. The van der Waals surface area contributed by atoms with Crippen molar-refractivity contribution in [1.82, 2.24) is 5.32 Å². The van der Waals surface area contributed by atoms with Gasteiger partial charge in [0.2, 0.25) is 0 Å². The summed E-state index contributed by atoms with van der Waals surface area (Å²) in [6, 6.07) is 11.4. The van der Waals surface area contributed by atoms with Gasteiger partial charge in [-0.25, -0.2) is 0 Å². The molecule has 7 heteroatoms. The number of halogens is 2. The van der Waals surface area contributed by atoms with Crippen molar-refractivity contribution in [3.63, 3.8) is 0 Å². The summed E-state index contributed by atoms with van der Waals surface area (Å²) in [5.74, 6) is -0.398. The normalized spacial score (nSPS) is 10.2. The minimum absolute atomic E-state index is 0.148. The summed E-state index contributed by atoms with van der Waals surface area (Å²) in [6.07, 6.45) is 0. The maximum Gasteiger partial charge on any atom is 0.284 e. The molecule has 0 atom stereocenters. The van der Waals surface area contributed by atoms with E-state index in [-0.39, 0.29) is 22.3 Å². The standard InChI is InChI=1S/C14H10BrClN2O3/c15-13-11(5-2-6-12(13)18(20)21)14(19)17-8-9-3-1-4-10(16)7-9/h1-7H,8H2,(H,17,19). The van der Waals surface area contributed by atoms with E-state index in [9.17, 15) is 14.9 Å². The molecule has 0 aromatic heterocycles. The number of carbonyl (C=O) groups excluding carboxylic acids is 1. The van der Waals surface area contributed by atoms with Crippen molar-refractivity contribution in [2.75, 3.05) is 0 Å². The molecule has 0 bridgehead atoms. The van der Waals surface area contributed by atoms with Crippen molar-refractivity contribution in [2.45, 2.75) is 6.54 Å². The van der Waals surface area contributed by atoms with Crippen LogP contribution in [0.25, 0.3) is 0 Å². The van der Waals surface area contributed by atoms with Gasteiger partial charge >= 0.3 is 0 Å². The summed E-state index contributed by atoms with van der Waals surface area (Å²) in [5.41, 5.74) is 0.911. The minimum Gasteiger partial charge on any atom is -0.348 e. The van der Waals surface area contributed by atoms with Crippen molar-refractivity contribution in [3.8, 4) is 0 Å². The van der Waals surface area contributed by atoms with E-state index < -0.39 is 10.8 Å². The van der Waals surface area contributed by atoms with Crippen LogP contribution >= 0.6 is 27.5 Å². The SMILES string of the molecule is O=C(NCc1cccc(Cl)c1)c1cccc([N+](=O)[O-])c1Br. The number of nitrogens with one attached hydrogen (secondary N) is 1. The fourth-order valence-corrected chi connectivity index (χ4v) is 2.56. The molecule has 0 radical (unpaired) electrons. The number of rotatable bonds is 4. The highest BCUT2D eigenvalue weighted by molar-refractivity contribution is 9.10. The summed E-state index contributed by atoms with van der Waals surface area (Å²) in [7, 11) is 0. The first-order chi connectivity index (χ1) is 9.99. The number of amides is 1. The Morgan fingerprint density at radius 1 is 1.29 bits per heavy atom. The third kappa shape index (κ3) is 3.80. The summed E-state index contributed by atoms with van der Waals surface area (Å²) in [5, 5.41) is 14.1. The smallest absolute Gasteiger partial charge is 0.284 e. The Kier molecular flexibility index (Phi) is 4.93. The van der Waals surface area contributed by atoms with E-state index in [0.29, 0.717) is 5.02 Å². The molecule has 0 aliphatic rings. The zero-order valence-electron chi connectivity index (χ0n) is 10.7. The first-order valence-corrected chi connectivity index (χ1v) is 7.11. The van der Waals surface area contributed by atoms with Gasteiger partial charge in [-0.15, -0.1) is 0 Å². The molecule has 2 aromatic rings. The minimum atomic E-state index is -0.544. The third-order valence-electron chi connectivity index (χ3n) is 2.76. The summed E-state index contributed by atoms with van der Waals surface area (Å²) >= 11 is 8.96. The number of nitrogens with zero attached hydrogens (tertiary/aromatic N) is 1. The molecular weight excluding hydrogens is 360 g/mol. The van der Waals surface area contributed by atoms with E-state index in [1.54, 1.807) is 18.2 Å². The molecule has 0 aliphatic carbocycles. The van der Waals surface area contributed by atoms with Gasteiger partial charge in [0, 0.05) is 17.6 Å². The lowest BCUT2D eigenvalue weighted by Gasteiger charge is -2.07. The molecule has 0 heterocycles. The second-order valence-corrected chi connectivity index (χ2v) is 5.44. The Labute approximate surface area is 134 Å². The zero-order chi connectivity index (χ0) is 15.4. The molecule has 0 fully saturated rings. The topological polar surface area (TPSA) is 72.2 Å². The number of carbonyl (C=O) groups is 1. The molecule has 1 amide bonds. The fourth-order valence-electron chi connectivity index (χ4n) is 1.76. The van der Waals surface area contributed by atoms with Crippen LogP contribution in [0.5, 0.6) is 0 Å². The van der Waals surface area contributed by atoms with Crippen LogP contribution in [0.1, 0.15) is 15.9 Å². The number of nitro benzene ring substituents is 1. The van der Waals surface area contributed by atoms with Gasteiger partial charge in [-0.2, -0.15) is 0 Å². The van der Waals surface area contributed by atoms with Crippen LogP contribution in [-0.2, 0) is 6.54 Å². The first kappa shape index (κ1) is 15.5. The number of benzene rings is 2. The molecule has 21 heavy (non-hydrogen) atoms. The number of hydrogen-bond acceptors (Lipinski definition) is 3. The van der Waals surface area contributed by atoms with Crippen LogP contribution in [0, 0.1) is 10.1 Å². The fraction of sp³-hybridized carbons (Fsp3) is 0.0714. The second-order valence-electron chi connectivity index (χ2n) is 4.21. The van der Waals surface area contributed by atoms with Crippen LogP contribution < -0.4 is 5.32 Å². The van der Waals surface area contributed by atoms with Gasteiger partial charge in [-0.3, -0.25) is 14.9 Å². The van der Waals surface area contributed by atoms with E-state index in [0.717, 1.165) is 5.56 Å². The van der Waals surface area contributed by atoms with Crippen molar-refractivity contribution in [1.29, 1.82) is 0 Å². The average molecular weight is 370 g/mol.